The van der Waals surface area contributed by atoms with Crippen molar-refractivity contribution in [3.63, 3.8) is 0 Å². The van der Waals surface area contributed by atoms with E-state index in [9.17, 15) is 4.79 Å². The zero-order valence-electron chi connectivity index (χ0n) is 13.8. The molecular weight excluding hydrogens is 300 g/mol. The number of ether oxygens (including phenoxy) is 1. The van der Waals surface area contributed by atoms with Crippen molar-refractivity contribution in [3.05, 3.63) is 15.6 Å². The van der Waals surface area contributed by atoms with Crippen molar-refractivity contribution in [1.82, 2.24) is 15.2 Å². The fourth-order valence-corrected chi connectivity index (χ4v) is 3.70. The van der Waals surface area contributed by atoms with Gasteiger partial charge in [0.05, 0.1) is 30.3 Å². The second-order valence-electron chi connectivity index (χ2n) is 5.65. The van der Waals surface area contributed by atoms with E-state index in [-0.39, 0.29) is 17.8 Å². The number of esters is 1. The molecule has 6 nitrogen and oxygen atoms in total. The Labute approximate surface area is 135 Å². The Hall–Kier alpha value is -1.63. The largest absolute Gasteiger partial charge is 0.469 e. The number of hydrogen-bond donors (Lipinski definition) is 1. The van der Waals surface area contributed by atoms with Gasteiger partial charge in [-0.15, -0.1) is 11.3 Å². The van der Waals surface area contributed by atoms with Gasteiger partial charge >= 0.3 is 5.97 Å². The summed E-state index contributed by atoms with van der Waals surface area (Å²) in [6, 6.07) is 0. The van der Waals surface area contributed by atoms with Crippen molar-refractivity contribution in [3.8, 4) is 0 Å². The lowest BCUT2D eigenvalue weighted by atomic mass is 9.99. The highest BCUT2D eigenvalue weighted by atomic mass is 32.1. The third-order valence-corrected chi connectivity index (χ3v) is 5.11. The molecule has 0 aromatic carbocycles. The smallest absolute Gasteiger partial charge is 0.310 e. The number of thiazole rings is 1. The van der Waals surface area contributed by atoms with Crippen molar-refractivity contribution >= 4 is 23.3 Å². The Kier molecular flexibility index (Phi) is 5.39. The third-order valence-electron chi connectivity index (χ3n) is 4.03. The first kappa shape index (κ1) is 16.7. The zero-order valence-corrected chi connectivity index (χ0v) is 14.7. The molecule has 7 heteroatoms. The van der Waals surface area contributed by atoms with E-state index in [1.165, 1.54) is 12.0 Å². The fraction of sp³-hybridized carbons (Fsp3) is 0.667. The first-order chi connectivity index (χ1) is 10.5. The molecule has 1 aliphatic rings. The molecule has 22 heavy (non-hydrogen) atoms. The van der Waals surface area contributed by atoms with E-state index < -0.39 is 0 Å². The molecule has 1 aliphatic heterocycles. The summed E-state index contributed by atoms with van der Waals surface area (Å²) in [5.74, 6) is 0.859. The zero-order chi connectivity index (χ0) is 16.3. The quantitative estimate of drug-likeness (QED) is 0.519. The van der Waals surface area contributed by atoms with Crippen molar-refractivity contribution in [2.75, 3.05) is 27.2 Å². The maximum Gasteiger partial charge on any atom is 0.310 e. The van der Waals surface area contributed by atoms with Crippen molar-refractivity contribution < 1.29 is 9.53 Å². The second-order valence-corrected chi connectivity index (χ2v) is 6.94. The van der Waals surface area contributed by atoms with Crippen LogP contribution < -0.4 is 5.32 Å². The van der Waals surface area contributed by atoms with Crippen LogP contribution in [-0.2, 0) is 16.1 Å². The van der Waals surface area contributed by atoms with Crippen molar-refractivity contribution in [2.24, 2.45) is 16.8 Å². The topological polar surface area (TPSA) is 66.8 Å². The SMILES string of the molecule is CN=C(NCc1sc(C)nc1C)N1CC(C)C(C(=O)OC)C1. The van der Waals surface area contributed by atoms with Crippen LogP contribution in [0.15, 0.2) is 4.99 Å². The van der Waals surface area contributed by atoms with Gasteiger partial charge < -0.3 is 15.0 Å². The fourth-order valence-electron chi connectivity index (χ4n) is 2.83. The summed E-state index contributed by atoms with van der Waals surface area (Å²) in [5, 5.41) is 4.45. The monoisotopic (exact) mass is 324 g/mol. The van der Waals surface area contributed by atoms with Gasteiger partial charge in [0.25, 0.3) is 0 Å². The number of aromatic nitrogens is 1. The summed E-state index contributed by atoms with van der Waals surface area (Å²) >= 11 is 1.70. The van der Waals surface area contributed by atoms with E-state index in [0.29, 0.717) is 13.1 Å². The molecule has 0 radical (unpaired) electrons. The Morgan fingerprint density at radius 3 is 2.77 bits per heavy atom. The van der Waals surface area contributed by atoms with Gasteiger partial charge in [-0.25, -0.2) is 4.98 Å². The average molecular weight is 324 g/mol. The summed E-state index contributed by atoms with van der Waals surface area (Å²) in [6.45, 7) is 8.27. The van der Waals surface area contributed by atoms with Crippen LogP contribution in [0, 0.1) is 25.7 Å². The first-order valence-electron chi connectivity index (χ1n) is 7.42. The predicted octanol–water partition coefficient (Wildman–Crippen LogP) is 1.58. The van der Waals surface area contributed by atoms with Gasteiger partial charge in [0.1, 0.15) is 0 Å². The number of carbonyl (C=O) groups excluding carboxylic acids is 1. The van der Waals surface area contributed by atoms with Gasteiger partial charge in [-0.05, 0) is 19.8 Å². The number of nitrogens with one attached hydrogen (secondary N) is 1. The first-order valence-corrected chi connectivity index (χ1v) is 8.24. The van der Waals surface area contributed by atoms with Gasteiger partial charge in [0, 0.05) is 25.0 Å². The lowest BCUT2D eigenvalue weighted by Crippen LogP contribution is -2.40. The number of carbonyl (C=O) groups is 1. The lowest BCUT2D eigenvalue weighted by Gasteiger charge is -2.21. The summed E-state index contributed by atoms with van der Waals surface area (Å²) in [6.07, 6.45) is 0. The maximum absolute atomic E-state index is 11.8. The van der Waals surface area contributed by atoms with E-state index in [1.807, 2.05) is 13.8 Å². The molecular formula is C15H24N4O2S. The number of aliphatic imine (C=N–C) groups is 1. The van der Waals surface area contributed by atoms with E-state index in [1.54, 1.807) is 18.4 Å². The molecule has 0 saturated carbocycles. The molecule has 1 aromatic rings. The summed E-state index contributed by atoms with van der Waals surface area (Å²) in [7, 11) is 3.21. The molecule has 2 rings (SSSR count). The summed E-state index contributed by atoms with van der Waals surface area (Å²) in [5.41, 5.74) is 1.06. The molecule has 122 valence electrons. The molecule has 0 aliphatic carbocycles. The summed E-state index contributed by atoms with van der Waals surface area (Å²) in [4.78, 5) is 23.9. The van der Waals surface area contributed by atoms with Crippen LogP contribution in [0.3, 0.4) is 0 Å². The number of likely N-dealkylation sites (tertiary alicyclic amines) is 1. The highest BCUT2D eigenvalue weighted by Crippen LogP contribution is 2.24. The Bertz CT molecular complexity index is 570. The second kappa shape index (κ2) is 7.09. The van der Waals surface area contributed by atoms with Crippen LogP contribution in [0.5, 0.6) is 0 Å². The summed E-state index contributed by atoms with van der Waals surface area (Å²) < 4.78 is 4.88. The average Bonchev–Trinajstić information content (AvgIpc) is 3.01. The number of aryl methyl sites for hydroxylation is 2. The molecule has 1 fully saturated rings. The minimum absolute atomic E-state index is 0.0871. The molecule has 1 saturated heterocycles. The number of nitrogens with zero attached hydrogens (tertiary/aromatic N) is 3. The Morgan fingerprint density at radius 1 is 1.50 bits per heavy atom. The normalized spacial score (nSPS) is 22.0. The molecule has 1 aromatic heterocycles. The Balaban J connectivity index is 1.98. The molecule has 1 N–H and O–H groups in total. The van der Waals surface area contributed by atoms with E-state index in [2.05, 4.69) is 27.1 Å². The van der Waals surface area contributed by atoms with E-state index >= 15 is 0 Å². The molecule has 0 amide bonds. The molecule has 2 heterocycles. The van der Waals surface area contributed by atoms with E-state index in [4.69, 9.17) is 4.74 Å². The van der Waals surface area contributed by atoms with Crippen LogP contribution in [0.2, 0.25) is 0 Å². The van der Waals surface area contributed by atoms with Crippen LogP contribution in [-0.4, -0.2) is 49.1 Å². The Morgan fingerprint density at radius 2 is 2.23 bits per heavy atom. The van der Waals surface area contributed by atoms with Gasteiger partial charge in [-0.2, -0.15) is 0 Å². The van der Waals surface area contributed by atoms with Crippen LogP contribution >= 0.6 is 11.3 Å². The van der Waals surface area contributed by atoms with Gasteiger partial charge in [0.2, 0.25) is 0 Å². The van der Waals surface area contributed by atoms with Gasteiger partial charge in [-0.3, -0.25) is 9.79 Å². The molecule has 2 unspecified atom stereocenters. The van der Waals surface area contributed by atoms with Gasteiger partial charge in [0.15, 0.2) is 5.96 Å². The van der Waals surface area contributed by atoms with Crippen molar-refractivity contribution in [1.29, 1.82) is 0 Å². The lowest BCUT2D eigenvalue weighted by molar-refractivity contribution is -0.145. The number of rotatable bonds is 3. The minimum Gasteiger partial charge on any atom is -0.469 e. The highest BCUT2D eigenvalue weighted by molar-refractivity contribution is 7.11. The number of methoxy groups -OCH3 is 1. The standard InChI is InChI=1S/C15H24N4O2S/c1-9-7-19(8-12(9)14(20)21-5)15(16-4)17-6-13-10(2)18-11(3)22-13/h9,12H,6-8H2,1-5H3,(H,16,17). The minimum atomic E-state index is -0.139. The maximum atomic E-state index is 11.8. The molecule has 2 atom stereocenters. The number of hydrogen-bond acceptors (Lipinski definition) is 5. The molecule has 0 bridgehead atoms. The molecule has 0 spiro atoms. The highest BCUT2D eigenvalue weighted by Gasteiger charge is 2.36. The number of guanidine groups is 1. The predicted molar refractivity (Wildman–Crippen MR) is 88.0 cm³/mol. The van der Waals surface area contributed by atoms with Crippen LogP contribution in [0.25, 0.3) is 0 Å². The van der Waals surface area contributed by atoms with Crippen LogP contribution in [0.1, 0.15) is 22.5 Å². The third kappa shape index (κ3) is 3.58. The van der Waals surface area contributed by atoms with Crippen LogP contribution in [0.4, 0.5) is 0 Å². The van der Waals surface area contributed by atoms with Crippen molar-refractivity contribution in [2.45, 2.75) is 27.3 Å². The van der Waals surface area contributed by atoms with Gasteiger partial charge in [-0.1, -0.05) is 6.92 Å². The van der Waals surface area contributed by atoms with E-state index in [0.717, 1.165) is 23.2 Å².